The molecule has 3 rings (SSSR count). The first-order valence-corrected chi connectivity index (χ1v) is 12.9. The summed E-state index contributed by atoms with van der Waals surface area (Å²) in [6.07, 6.45) is -0.432. The molecular weight excluding hydrogens is 516 g/mol. The molecule has 1 unspecified atom stereocenters. The number of esters is 2. The minimum absolute atomic E-state index is 0.0721. The molecule has 1 aromatic rings. The van der Waals surface area contributed by atoms with Gasteiger partial charge in [0.15, 0.2) is 12.0 Å². The zero-order chi connectivity index (χ0) is 29.1. The second-order valence-corrected chi connectivity index (χ2v) is 11.1. The van der Waals surface area contributed by atoms with Crippen molar-refractivity contribution in [2.24, 2.45) is 5.92 Å². The number of aromatic nitrogens is 2. The van der Waals surface area contributed by atoms with Gasteiger partial charge in [0.1, 0.15) is 17.8 Å². The van der Waals surface area contributed by atoms with Crippen LogP contribution in [-0.2, 0) is 38.0 Å². The number of rotatable bonds is 9. The van der Waals surface area contributed by atoms with Crippen molar-refractivity contribution in [3.05, 3.63) is 33.1 Å². The number of fused-ring (bicyclic) bond motifs is 1. The first-order valence-electron chi connectivity index (χ1n) is 12.9. The number of unbranched alkanes of at least 4 members (excludes halogenated alkanes) is 1. The molecule has 0 bridgehead atoms. The summed E-state index contributed by atoms with van der Waals surface area (Å²) in [5.41, 5.74) is -2.66. The predicted octanol–water partition coefficient (Wildman–Crippen LogP) is 2.12. The zero-order valence-electron chi connectivity index (χ0n) is 23.5. The lowest BCUT2D eigenvalue weighted by Crippen LogP contribution is -2.47. The summed E-state index contributed by atoms with van der Waals surface area (Å²) in [4.78, 5) is 62.0. The van der Waals surface area contributed by atoms with E-state index in [1.54, 1.807) is 34.6 Å². The second-order valence-electron chi connectivity index (χ2n) is 11.1. The van der Waals surface area contributed by atoms with E-state index < -0.39 is 71.1 Å². The monoisotopic (exact) mass is 554 g/mol. The third-order valence-electron chi connectivity index (χ3n) is 6.45. The third-order valence-corrected chi connectivity index (χ3v) is 6.45. The van der Waals surface area contributed by atoms with Gasteiger partial charge in [0.2, 0.25) is 0 Å². The summed E-state index contributed by atoms with van der Waals surface area (Å²) in [5, 5.41) is 0. The maximum absolute atomic E-state index is 13.3. The Bertz CT molecular complexity index is 1180. The van der Waals surface area contributed by atoms with E-state index in [0.717, 1.165) is 10.6 Å². The molecular formula is C26H38N2O11. The topological polar surface area (TPSA) is 151 Å². The summed E-state index contributed by atoms with van der Waals surface area (Å²) in [6.45, 7) is 8.37. The summed E-state index contributed by atoms with van der Waals surface area (Å²) in [6, 6.07) is 1.09. The summed E-state index contributed by atoms with van der Waals surface area (Å²) < 4.78 is 34.6. The molecule has 0 aromatic carbocycles. The van der Waals surface area contributed by atoms with Gasteiger partial charge in [-0.2, -0.15) is 4.57 Å². The maximum atomic E-state index is 13.3. The average Bonchev–Trinajstić information content (AvgIpc) is 3.32. The van der Waals surface area contributed by atoms with E-state index in [9.17, 15) is 24.0 Å². The van der Waals surface area contributed by atoms with Crippen LogP contribution in [0.3, 0.4) is 0 Å². The van der Waals surface area contributed by atoms with E-state index in [2.05, 4.69) is 4.74 Å². The molecule has 2 fully saturated rings. The molecule has 2 aliphatic rings. The van der Waals surface area contributed by atoms with E-state index >= 15 is 0 Å². The molecule has 1 aromatic heterocycles. The van der Waals surface area contributed by atoms with Gasteiger partial charge in [-0.25, -0.2) is 9.59 Å². The Balaban J connectivity index is 1.76. The van der Waals surface area contributed by atoms with Crippen LogP contribution < -0.4 is 11.2 Å². The fourth-order valence-corrected chi connectivity index (χ4v) is 4.77. The third kappa shape index (κ3) is 7.34. The van der Waals surface area contributed by atoms with Crippen LogP contribution in [0.15, 0.2) is 21.9 Å². The average molecular weight is 555 g/mol. The number of hydrogen-bond acceptors (Lipinski definition) is 11. The largest absolute Gasteiger partial charge is 0.469 e. The quantitative estimate of drug-likeness (QED) is 0.251. The van der Waals surface area contributed by atoms with Crippen LogP contribution in [0.4, 0.5) is 4.79 Å². The molecule has 13 heteroatoms. The molecule has 0 amide bonds. The van der Waals surface area contributed by atoms with Gasteiger partial charge in [-0.3, -0.25) is 19.0 Å². The van der Waals surface area contributed by atoms with Crippen LogP contribution in [0.5, 0.6) is 0 Å². The van der Waals surface area contributed by atoms with Gasteiger partial charge in [-0.05, 0) is 47.5 Å². The molecule has 218 valence electrons. The van der Waals surface area contributed by atoms with E-state index in [-0.39, 0.29) is 6.42 Å². The van der Waals surface area contributed by atoms with E-state index in [4.69, 9.17) is 23.7 Å². The van der Waals surface area contributed by atoms with Crippen molar-refractivity contribution in [2.45, 2.75) is 103 Å². The van der Waals surface area contributed by atoms with Gasteiger partial charge in [0.05, 0.1) is 32.7 Å². The van der Waals surface area contributed by atoms with Gasteiger partial charge in [-0.15, -0.1) is 0 Å². The number of methoxy groups -OCH3 is 2. The van der Waals surface area contributed by atoms with Crippen LogP contribution in [0.2, 0.25) is 0 Å². The summed E-state index contributed by atoms with van der Waals surface area (Å²) in [5.74, 6) is -2.54. The number of nitrogens with zero attached hydrogens (tertiary/aromatic N) is 2. The normalized spacial score (nSPS) is 24.6. The molecule has 0 radical (unpaired) electrons. The zero-order valence-corrected chi connectivity index (χ0v) is 23.5. The highest BCUT2D eigenvalue weighted by Gasteiger charge is 2.55. The van der Waals surface area contributed by atoms with Crippen molar-refractivity contribution < 1.29 is 42.8 Å². The maximum Gasteiger partial charge on any atom is 0.425 e. The van der Waals surface area contributed by atoms with E-state index in [1.165, 1.54) is 20.4 Å². The Kier molecular flexibility index (Phi) is 9.39. The molecule has 0 spiro atoms. The predicted molar refractivity (Wildman–Crippen MR) is 135 cm³/mol. The van der Waals surface area contributed by atoms with Crippen molar-refractivity contribution in [1.82, 2.24) is 9.13 Å². The number of carbonyl (C=O) groups is 3. The molecule has 2 aliphatic heterocycles. The highest BCUT2D eigenvalue weighted by atomic mass is 16.8. The standard InChI is InChI=1S/C26H38N2O11/c1-25(2,3)39-24(33)28-17(29)12-13-27(23(28)32)21-20-19(37-26(4,5)38-20)16(36-21)11-9-8-10-15(22(31)35-7)14-18(30)34-6/h12-13,15-16,19-21H,8-11,14H2,1-7H3/t15?,16-,19-,20-,21-/m1/s1. The summed E-state index contributed by atoms with van der Waals surface area (Å²) in [7, 11) is 2.53. The van der Waals surface area contributed by atoms with Gasteiger partial charge < -0.3 is 28.4 Å². The number of hydrogen-bond donors (Lipinski definition) is 0. The van der Waals surface area contributed by atoms with E-state index in [1.807, 2.05) is 0 Å². The van der Waals surface area contributed by atoms with Gasteiger partial charge >= 0.3 is 23.7 Å². The van der Waals surface area contributed by atoms with Crippen LogP contribution in [0.1, 0.15) is 73.0 Å². The van der Waals surface area contributed by atoms with Crippen LogP contribution in [0.25, 0.3) is 0 Å². The first kappa shape index (κ1) is 30.5. The van der Waals surface area contributed by atoms with Crippen molar-refractivity contribution in [3.63, 3.8) is 0 Å². The lowest BCUT2D eigenvalue weighted by atomic mass is 9.96. The Hall–Kier alpha value is -3.03. The minimum atomic E-state index is -1.09. The molecule has 13 nitrogen and oxygen atoms in total. The summed E-state index contributed by atoms with van der Waals surface area (Å²) >= 11 is 0. The van der Waals surface area contributed by atoms with Crippen molar-refractivity contribution in [3.8, 4) is 0 Å². The molecule has 0 N–H and O–H groups in total. The fourth-order valence-electron chi connectivity index (χ4n) is 4.77. The molecule has 2 saturated heterocycles. The van der Waals surface area contributed by atoms with Crippen LogP contribution >= 0.6 is 0 Å². The molecule has 39 heavy (non-hydrogen) atoms. The Morgan fingerprint density at radius 3 is 2.33 bits per heavy atom. The van der Waals surface area contributed by atoms with Crippen LogP contribution in [0, 0.1) is 5.92 Å². The molecule has 0 aliphatic carbocycles. The highest BCUT2D eigenvalue weighted by Crippen LogP contribution is 2.44. The smallest absolute Gasteiger partial charge is 0.425 e. The number of carbonyl (C=O) groups excluding carboxylic acids is 3. The SMILES string of the molecule is COC(=O)CC(CCCC[C@H]1O[C@@H](n2ccc(=O)n(C(=O)OC(C)(C)C)c2=O)[C@@H]2OC(C)(C)O[C@@H]21)C(=O)OC. The van der Waals surface area contributed by atoms with Gasteiger partial charge in [0.25, 0.3) is 5.56 Å². The van der Waals surface area contributed by atoms with Crippen molar-refractivity contribution in [2.75, 3.05) is 14.2 Å². The second kappa shape index (κ2) is 12.0. The molecule has 3 heterocycles. The van der Waals surface area contributed by atoms with Crippen molar-refractivity contribution in [1.29, 1.82) is 0 Å². The van der Waals surface area contributed by atoms with Crippen LogP contribution in [-0.4, -0.2) is 71.1 Å². The molecule has 0 saturated carbocycles. The van der Waals surface area contributed by atoms with Crippen molar-refractivity contribution >= 4 is 18.0 Å². The lowest BCUT2D eigenvalue weighted by molar-refractivity contribution is -0.198. The Morgan fingerprint density at radius 1 is 1.05 bits per heavy atom. The Morgan fingerprint density at radius 2 is 1.72 bits per heavy atom. The highest BCUT2D eigenvalue weighted by molar-refractivity contribution is 5.79. The Labute approximate surface area is 226 Å². The van der Waals surface area contributed by atoms with E-state index in [0.29, 0.717) is 30.3 Å². The minimum Gasteiger partial charge on any atom is -0.469 e. The van der Waals surface area contributed by atoms with Gasteiger partial charge in [0, 0.05) is 12.3 Å². The first-order chi connectivity index (χ1) is 18.2. The molecule has 5 atom stereocenters. The number of ether oxygens (including phenoxy) is 6. The lowest BCUT2D eigenvalue weighted by Gasteiger charge is -2.25. The fraction of sp³-hybridized carbons (Fsp3) is 0.731. The van der Waals surface area contributed by atoms with Gasteiger partial charge in [-0.1, -0.05) is 12.8 Å².